The summed E-state index contributed by atoms with van der Waals surface area (Å²) in [4.78, 5) is 25.9. The summed E-state index contributed by atoms with van der Waals surface area (Å²) < 4.78 is 0. The molecule has 0 aromatic carbocycles. The number of rotatable bonds is 3. The van der Waals surface area contributed by atoms with Crippen molar-refractivity contribution >= 4 is 12.0 Å². The Morgan fingerprint density at radius 1 is 1.35 bits per heavy atom. The van der Waals surface area contributed by atoms with Crippen LogP contribution in [-0.4, -0.2) is 53.1 Å². The lowest BCUT2D eigenvalue weighted by molar-refractivity contribution is -0.137. The van der Waals surface area contributed by atoms with Gasteiger partial charge in [-0.1, -0.05) is 19.8 Å². The standard InChI is InChI=1S/C12H22N2O3/c1-3-10-7-5-4-6-8-14(10)12(17)13(2)9-11(15)16/h10H,3-9H2,1-2H3,(H,15,16). The smallest absolute Gasteiger partial charge is 0.323 e. The third-order valence-electron chi connectivity index (χ3n) is 3.29. The van der Waals surface area contributed by atoms with Gasteiger partial charge in [0, 0.05) is 19.6 Å². The molecule has 1 rings (SSSR count). The lowest BCUT2D eigenvalue weighted by Crippen LogP contribution is -2.47. The number of aliphatic carboxylic acids is 1. The maximum Gasteiger partial charge on any atom is 0.323 e. The van der Waals surface area contributed by atoms with E-state index in [4.69, 9.17) is 5.11 Å². The zero-order chi connectivity index (χ0) is 12.8. The van der Waals surface area contributed by atoms with Crippen LogP contribution in [0, 0.1) is 0 Å². The molecule has 1 unspecified atom stereocenters. The van der Waals surface area contributed by atoms with Crippen molar-refractivity contribution in [3.63, 3.8) is 0 Å². The monoisotopic (exact) mass is 242 g/mol. The number of carbonyl (C=O) groups excluding carboxylic acids is 1. The van der Waals surface area contributed by atoms with Gasteiger partial charge in [0.1, 0.15) is 6.54 Å². The van der Waals surface area contributed by atoms with Crippen molar-refractivity contribution in [2.24, 2.45) is 0 Å². The van der Waals surface area contributed by atoms with Crippen LogP contribution in [0.5, 0.6) is 0 Å². The van der Waals surface area contributed by atoms with E-state index >= 15 is 0 Å². The number of hydrogen-bond acceptors (Lipinski definition) is 2. The summed E-state index contributed by atoms with van der Waals surface area (Å²) in [6, 6.07) is 0.113. The minimum Gasteiger partial charge on any atom is -0.480 e. The van der Waals surface area contributed by atoms with E-state index in [2.05, 4.69) is 6.92 Å². The Hall–Kier alpha value is -1.26. The fourth-order valence-electron chi connectivity index (χ4n) is 2.34. The molecule has 0 aromatic heterocycles. The van der Waals surface area contributed by atoms with E-state index in [1.807, 2.05) is 4.90 Å². The molecule has 98 valence electrons. The molecule has 0 aliphatic carbocycles. The van der Waals surface area contributed by atoms with E-state index in [1.54, 1.807) is 7.05 Å². The van der Waals surface area contributed by atoms with Gasteiger partial charge in [-0.3, -0.25) is 4.79 Å². The molecule has 1 saturated heterocycles. The number of carboxylic acid groups (broad SMARTS) is 1. The van der Waals surface area contributed by atoms with E-state index in [0.717, 1.165) is 38.6 Å². The summed E-state index contributed by atoms with van der Waals surface area (Å²) in [5.74, 6) is -0.969. The average Bonchev–Trinajstić information content (AvgIpc) is 2.51. The highest BCUT2D eigenvalue weighted by Gasteiger charge is 2.26. The first-order valence-electron chi connectivity index (χ1n) is 6.29. The number of carboxylic acids is 1. The van der Waals surface area contributed by atoms with Crippen LogP contribution in [0.4, 0.5) is 4.79 Å². The number of urea groups is 1. The van der Waals surface area contributed by atoms with Crippen molar-refractivity contribution < 1.29 is 14.7 Å². The van der Waals surface area contributed by atoms with E-state index in [0.29, 0.717) is 0 Å². The normalized spacial score (nSPS) is 20.8. The SMILES string of the molecule is CCC1CCCCCN1C(=O)N(C)CC(=O)O. The first-order valence-corrected chi connectivity index (χ1v) is 6.29. The van der Waals surface area contributed by atoms with Crippen LogP contribution in [-0.2, 0) is 4.79 Å². The van der Waals surface area contributed by atoms with Gasteiger partial charge in [0.2, 0.25) is 0 Å². The van der Waals surface area contributed by atoms with Gasteiger partial charge in [0.05, 0.1) is 0 Å². The van der Waals surface area contributed by atoms with Crippen molar-refractivity contribution in [2.75, 3.05) is 20.1 Å². The fraction of sp³-hybridized carbons (Fsp3) is 0.833. The molecule has 0 radical (unpaired) electrons. The van der Waals surface area contributed by atoms with Crippen molar-refractivity contribution in [3.8, 4) is 0 Å². The van der Waals surface area contributed by atoms with Crippen molar-refractivity contribution in [3.05, 3.63) is 0 Å². The summed E-state index contributed by atoms with van der Waals surface area (Å²) in [6.45, 7) is 2.60. The summed E-state index contributed by atoms with van der Waals surface area (Å²) in [7, 11) is 1.55. The van der Waals surface area contributed by atoms with Gasteiger partial charge in [-0.2, -0.15) is 0 Å². The van der Waals surface area contributed by atoms with Crippen molar-refractivity contribution in [1.29, 1.82) is 0 Å². The fourth-order valence-corrected chi connectivity index (χ4v) is 2.34. The van der Waals surface area contributed by atoms with Gasteiger partial charge in [0.25, 0.3) is 0 Å². The topological polar surface area (TPSA) is 60.9 Å². The minimum atomic E-state index is -0.969. The number of carbonyl (C=O) groups is 2. The highest BCUT2D eigenvalue weighted by molar-refractivity contribution is 5.80. The van der Waals surface area contributed by atoms with Gasteiger partial charge >= 0.3 is 12.0 Å². The average molecular weight is 242 g/mol. The number of likely N-dealkylation sites (tertiary alicyclic amines) is 1. The Kier molecular flexibility index (Phi) is 5.25. The second-order valence-corrected chi connectivity index (χ2v) is 4.64. The molecule has 1 aliphatic heterocycles. The Balaban J connectivity index is 2.66. The second kappa shape index (κ2) is 6.47. The zero-order valence-electron chi connectivity index (χ0n) is 10.7. The zero-order valence-corrected chi connectivity index (χ0v) is 10.7. The molecule has 0 bridgehead atoms. The van der Waals surface area contributed by atoms with Crippen LogP contribution in [0.1, 0.15) is 39.0 Å². The molecule has 1 fully saturated rings. The molecule has 0 saturated carbocycles. The Morgan fingerprint density at radius 3 is 2.65 bits per heavy atom. The van der Waals surface area contributed by atoms with Crippen molar-refractivity contribution in [2.45, 2.75) is 45.1 Å². The molecule has 5 heteroatoms. The summed E-state index contributed by atoms with van der Waals surface area (Å²) >= 11 is 0. The Morgan fingerprint density at radius 2 is 2.06 bits per heavy atom. The van der Waals surface area contributed by atoms with Gasteiger partial charge in [0.15, 0.2) is 0 Å². The molecule has 5 nitrogen and oxygen atoms in total. The van der Waals surface area contributed by atoms with E-state index in [-0.39, 0.29) is 18.6 Å². The van der Waals surface area contributed by atoms with E-state index in [1.165, 1.54) is 4.90 Å². The van der Waals surface area contributed by atoms with Gasteiger partial charge in [-0.05, 0) is 19.3 Å². The number of amides is 2. The lowest BCUT2D eigenvalue weighted by Gasteiger charge is -2.32. The maximum absolute atomic E-state index is 12.1. The first-order chi connectivity index (χ1) is 8.06. The molecular weight excluding hydrogens is 220 g/mol. The predicted molar refractivity (Wildman–Crippen MR) is 64.9 cm³/mol. The molecular formula is C12H22N2O3. The molecule has 17 heavy (non-hydrogen) atoms. The predicted octanol–water partition coefficient (Wildman–Crippen LogP) is 1.78. The largest absolute Gasteiger partial charge is 0.480 e. The summed E-state index contributed by atoms with van der Waals surface area (Å²) in [5, 5.41) is 8.70. The molecule has 0 aromatic rings. The third-order valence-corrected chi connectivity index (χ3v) is 3.29. The second-order valence-electron chi connectivity index (χ2n) is 4.64. The minimum absolute atomic E-state index is 0.152. The van der Waals surface area contributed by atoms with Crippen LogP contribution in [0.2, 0.25) is 0 Å². The first kappa shape index (κ1) is 13.8. The van der Waals surface area contributed by atoms with E-state index < -0.39 is 5.97 Å². The highest BCUT2D eigenvalue weighted by atomic mass is 16.4. The van der Waals surface area contributed by atoms with Crippen LogP contribution >= 0.6 is 0 Å². The lowest BCUT2D eigenvalue weighted by atomic mass is 10.1. The molecule has 1 heterocycles. The molecule has 1 N–H and O–H groups in total. The van der Waals surface area contributed by atoms with Crippen molar-refractivity contribution in [1.82, 2.24) is 9.80 Å². The van der Waals surface area contributed by atoms with Crippen LogP contribution in [0.25, 0.3) is 0 Å². The van der Waals surface area contributed by atoms with Gasteiger partial charge in [-0.25, -0.2) is 4.79 Å². The van der Waals surface area contributed by atoms with E-state index in [9.17, 15) is 9.59 Å². The number of nitrogens with zero attached hydrogens (tertiary/aromatic N) is 2. The number of likely N-dealkylation sites (N-methyl/N-ethyl adjacent to an activating group) is 1. The maximum atomic E-state index is 12.1. The molecule has 1 aliphatic rings. The Bertz CT molecular complexity index is 281. The van der Waals surface area contributed by atoms with Crippen LogP contribution in [0.3, 0.4) is 0 Å². The number of hydrogen-bond donors (Lipinski definition) is 1. The van der Waals surface area contributed by atoms with Crippen LogP contribution in [0.15, 0.2) is 0 Å². The highest BCUT2D eigenvalue weighted by Crippen LogP contribution is 2.20. The van der Waals surface area contributed by atoms with Gasteiger partial charge < -0.3 is 14.9 Å². The molecule has 0 spiro atoms. The third kappa shape index (κ3) is 3.91. The molecule has 1 atom stereocenters. The van der Waals surface area contributed by atoms with Gasteiger partial charge in [-0.15, -0.1) is 0 Å². The quantitative estimate of drug-likeness (QED) is 0.820. The Labute approximate surface area is 102 Å². The van der Waals surface area contributed by atoms with Crippen LogP contribution < -0.4 is 0 Å². The molecule has 2 amide bonds. The summed E-state index contributed by atoms with van der Waals surface area (Å²) in [5.41, 5.74) is 0. The summed E-state index contributed by atoms with van der Waals surface area (Å²) in [6.07, 6.45) is 5.30.